The molecule has 19 heavy (non-hydrogen) atoms. The minimum absolute atomic E-state index is 0.0593. The van der Waals surface area contributed by atoms with E-state index in [-0.39, 0.29) is 17.9 Å². The van der Waals surface area contributed by atoms with Crippen LogP contribution in [0.4, 0.5) is 0 Å². The number of hydrogen-bond donors (Lipinski definition) is 3. The van der Waals surface area contributed by atoms with E-state index in [0.29, 0.717) is 6.54 Å². The van der Waals surface area contributed by atoms with Crippen LogP contribution in [0.3, 0.4) is 0 Å². The lowest BCUT2D eigenvalue weighted by atomic mass is 10.0. The van der Waals surface area contributed by atoms with E-state index in [9.17, 15) is 4.79 Å². The van der Waals surface area contributed by atoms with Gasteiger partial charge in [0.1, 0.15) is 12.2 Å². The number of H-pyrrole nitrogens is 1. The summed E-state index contributed by atoms with van der Waals surface area (Å²) in [6, 6.07) is 0.220. The smallest absolute Gasteiger partial charge is 0.222 e. The molecule has 1 aromatic heterocycles. The van der Waals surface area contributed by atoms with Gasteiger partial charge in [-0.25, -0.2) is 4.98 Å². The van der Waals surface area contributed by atoms with Crippen molar-refractivity contribution in [2.75, 3.05) is 6.54 Å². The van der Waals surface area contributed by atoms with Crippen molar-refractivity contribution in [3.05, 3.63) is 12.2 Å². The molecule has 108 valence electrons. The van der Waals surface area contributed by atoms with Crippen LogP contribution in [0.2, 0.25) is 0 Å². The third kappa shape index (κ3) is 6.91. The van der Waals surface area contributed by atoms with Crippen molar-refractivity contribution < 1.29 is 4.79 Å². The molecular formula is C13H25N5O. The first-order valence-corrected chi connectivity index (χ1v) is 6.97. The third-order valence-corrected chi connectivity index (χ3v) is 3.10. The maximum Gasteiger partial charge on any atom is 0.222 e. The quantitative estimate of drug-likeness (QED) is 0.582. The van der Waals surface area contributed by atoms with E-state index in [0.717, 1.165) is 37.9 Å². The van der Waals surface area contributed by atoms with Gasteiger partial charge in [0.2, 0.25) is 5.91 Å². The molecule has 0 aromatic carbocycles. The minimum Gasteiger partial charge on any atom is -0.356 e. The Labute approximate surface area is 114 Å². The SMILES string of the molecule is CC(N)CCCC(C)C(=O)NCCCc1ncn[nH]1. The first-order valence-electron chi connectivity index (χ1n) is 6.97. The molecule has 1 amide bonds. The molecule has 1 rings (SSSR count). The average Bonchev–Trinajstić information content (AvgIpc) is 2.86. The number of carbonyl (C=O) groups excluding carboxylic acids is 1. The summed E-state index contributed by atoms with van der Waals surface area (Å²) in [6.45, 7) is 4.64. The summed E-state index contributed by atoms with van der Waals surface area (Å²) in [4.78, 5) is 15.8. The van der Waals surface area contributed by atoms with Gasteiger partial charge < -0.3 is 11.1 Å². The van der Waals surface area contributed by atoms with E-state index in [1.807, 2.05) is 13.8 Å². The van der Waals surface area contributed by atoms with E-state index >= 15 is 0 Å². The van der Waals surface area contributed by atoms with Crippen molar-refractivity contribution in [2.45, 2.75) is 52.0 Å². The van der Waals surface area contributed by atoms with E-state index in [4.69, 9.17) is 5.73 Å². The Balaban J connectivity index is 2.06. The lowest BCUT2D eigenvalue weighted by Crippen LogP contribution is -2.30. The Morgan fingerprint density at radius 2 is 2.21 bits per heavy atom. The van der Waals surface area contributed by atoms with Crippen LogP contribution < -0.4 is 11.1 Å². The molecule has 0 saturated heterocycles. The van der Waals surface area contributed by atoms with Crippen molar-refractivity contribution in [3.8, 4) is 0 Å². The van der Waals surface area contributed by atoms with Crippen LogP contribution in [0, 0.1) is 5.92 Å². The van der Waals surface area contributed by atoms with Crippen molar-refractivity contribution >= 4 is 5.91 Å². The normalized spacial score (nSPS) is 14.1. The van der Waals surface area contributed by atoms with Gasteiger partial charge in [-0.2, -0.15) is 5.10 Å². The number of aromatic amines is 1. The number of nitrogens with two attached hydrogens (primary N) is 1. The van der Waals surface area contributed by atoms with Crippen molar-refractivity contribution in [2.24, 2.45) is 11.7 Å². The molecule has 6 heteroatoms. The summed E-state index contributed by atoms with van der Waals surface area (Å²) in [5, 5.41) is 9.53. The number of aromatic nitrogens is 3. The number of amides is 1. The molecule has 2 unspecified atom stereocenters. The van der Waals surface area contributed by atoms with E-state index in [1.54, 1.807) is 0 Å². The maximum atomic E-state index is 11.8. The molecule has 2 atom stereocenters. The number of carbonyl (C=O) groups is 1. The first kappa shape index (κ1) is 15.6. The standard InChI is InChI=1S/C13H25N5O/c1-10(5-3-6-11(2)14)13(19)15-8-4-7-12-16-9-17-18-12/h9-11H,3-8,14H2,1-2H3,(H,15,19)(H,16,17,18). The predicted octanol–water partition coefficient (Wildman–Crippen LogP) is 1.01. The molecule has 0 fully saturated rings. The van der Waals surface area contributed by atoms with Gasteiger partial charge in [0.05, 0.1) is 0 Å². The van der Waals surface area contributed by atoms with Gasteiger partial charge in [0.15, 0.2) is 0 Å². The van der Waals surface area contributed by atoms with Gasteiger partial charge >= 0.3 is 0 Å². The van der Waals surface area contributed by atoms with Crippen molar-refractivity contribution in [1.29, 1.82) is 0 Å². The van der Waals surface area contributed by atoms with Crippen molar-refractivity contribution in [1.82, 2.24) is 20.5 Å². The lowest BCUT2D eigenvalue weighted by molar-refractivity contribution is -0.124. The van der Waals surface area contributed by atoms with E-state index in [2.05, 4.69) is 20.5 Å². The largest absolute Gasteiger partial charge is 0.356 e. The van der Waals surface area contributed by atoms with Crippen LogP contribution in [0.1, 0.15) is 45.4 Å². The van der Waals surface area contributed by atoms with Crippen LogP contribution in [0.5, 0.6) is 0 Å². The fourth-order valence-corrected chi connectivity index (χ4v) is 1.87. The molecular weight excluding hydrogens is 242 g/mol. The Morgan fingerprint density at radius 3 is 2.84 bits per heavy atom. The summed E-state index contributed by atoms with van der Waals surface area (Å²) >= 11 is 0. The topological polar surface area (TPSA) is 96.7 Å². The average molecular weight is 267 g/mol. The first-order chi connectivity index (χ1) is 9.09. The molecule has 0 saturated carbocycles. The highest BCUT2D eigenvalue weighted by Crippen LogP contribution is 2.09. The maximum absolute atomic E-state index is 11.8. The molecule has 1 heterocycles. The highest BCUT2D eigenvalue weighted by molar-refractivity contribution is 5.78. The lowest BCUT2D eigenvalue weighted by Gasteiger charge is -2.12. The van der Waals surface area contributed by atoms with Crippen LogP contribution in [0.15, 0.2) is 6.33 Å². The van der Waals surface area contributed by atoms with Crippen molar-refractivity contribution in [3.63, 3.8) is 0 Å². The monoisotopic (exact) mass is 267 g/mol. The molecule has 0 bridgehead atoms. The molecule has 1 aromatic rings. The summed E-state index contributed by atoms with van der Waals surface area (Å²) in [7, 11) is 0. The van der Waals surface area contributed by atoms with Crippen LogP contribution in [-0.4, -0.2) is 33.7 Å². The van der Waals surface area contributed by atoms with Gasteiger partial charge in [-0.15, -0.1) is 0 Å². The molecule has 4 N–H and O–H groups in total. The minimum atomic E-state index is 0.0593. The van der Waals surface area contributed by atoms with E-state index < -0.39 is 0 Å². The van der Waals surface area contributed by atoms with Gasteiger partial charge in [-0.1, -0.05) is 13.3 Å². The predicted molar refractivity (Wildman–Crippen MR) is 74.4 cm³/mol. The van der Waals surface area contributed by atoms with Crippen LogP contribution in [-0.2, 0) is 11.2 Å². The second-order valence-corrected chi connectivity index (χ2v) is 5.14. The zero-order valence-corrected chi connectivity index (χ0v) is 11.9. The van der Waals surface area contributed by atoms with Gasteiger partial charge in [0, 0.05) is 24.9 Å². The number of hydrogen-bond acceptors (Lipinski definition) is 4. The second kappa shape index (κ2) is 8.63. The molecule has 0 aliphatic rings. The van der Waals surface area contributed by atoms with E-state index in [1.165, 1.54) is 6.33 Å². The number of aryl methyl sites for hydroxylation is 1. The Bertz CT molecular complexity index is 350. The summed E-state index contributed by atoms with van der Waals surface area (Å²) in [6.07, 6.45) is 6.05. The molecule has 0 aliphatic carbocycles. The van der Waals surface area contributed by atoms with Gasteiger partial charge in [-0.3, -0.25) is 9.89 Å². The Hall–Kier alpha value is -1.43. The Kier molecular flexibility index (Phi) is 7.10. The highest BCUT2D eigenvalue weighted by atomic mass is 16.1. The molecule has 0 spiro atoms. The summed E-state index contributed by atoms with van der Waals surface area (Å²) in [5.74, 6) is 1.05. The number of nitrogens with one attached hydrogen (secondary N) is 2. The fraction of sp³-hybridized carbons (Fsp3) is 0.769. The Morgan fingerprint density at radius 1 is 1.42 bits per heavy atom. The zero-order valence-electron chi connectivity index (χ0n) is 11.9. The summed E-state index contributed by atoms with van der Waals surface area (Å²) in [5.41, 5.74) is 5.68. The zero-order chi connectivity index (χ0) is 14.1. The fourth-order valence-electron chi connectivity index (χ4n) is 1.87. The van der Waals surface area contributed by atoms with Crippen LogP contribution in [0.25, 0.3) is 0 Å². The number of rotatable bonds is 9. The van der Waals surface area contributed by atoms with Crippen LogP contribution >= 0.6 is 0 Å². The second-order valence-electron chi connectivity index (χ2n) is 5.14. The molecule has 6 nitrogen and oxygen atoms in total. The molecule has 0 aliphatic heterocycles. The third-order valence-electron chi connectivity index (χ3n) is 3.10. The number of nitrogens with zero attached hydrogens (tertiary/aromatic N) is 2. The van der Waals surface area contributed by atoms with Gasteiger partial charge in [-0.05, 0) is 26.2 Å². The summed E-state index contributed by atoms with van der Waals surface area (Å²) < 4.78 is 0. The molecule has 0 radical (unpaired) electrons. The highest BCUT2D eigenvalue weighted by Gasteiger charge is 2.12. The van der Waals surface area contributed by atoms with Gasteiger partial charge in [0.25, 0.3) is 0 Å².